The summed E-state index contributed by atoms with van der Waals surface area (Å²) in [5.74, 6) is 0.652. The average Bonchev–Trinajstić information content (AvgIpc) is 2.47. The Morgan fingerprint density at radius 3 is 2.71 bits per heavy atom. The van der Waals surface area contributed by atoms with Crippen LogP contribution >= 0.6 is 11.3 Å². The van der Waals surface area contributed by atoms with Gasteiger partial charge in [-0.3, -0.25) is 0 Å². The van der Waals surface area contributed by atoms with E-state index < -0.39 is 0 Å². The zero-order valence-corrected chi connectivity index (χ0v) is 10.5. The molecule has 0 aromatic carbocycles. The van der Waals surface area contributed by atoms with Crippen molar-refractivity contribution < 1.29 is 0 Å². The van der Waals surface area contributed by atoms with Crippen molar-refractivity contribution in [2.45, 2.75) is 46.6 Å². The van der Waals surface area contributed by atoms with E-state index in [-0.39, 0.29) is 0 Å². The summed E-state index contributed by atoms with van der Waals surface area (Å²) in [6.07, 6.45) is 1.21. The normalized spacial score (nSPS) is 11.2. The molecule has 0 unspecified atom stereocenters. The molecule has 0 saturated carbocycles. The quantitative estimate of drug-likeness (QED) is 0.733. The molecule has 0 aliphatic carbocycles. The number of nitrogens with one attached hydrogen (secondary N) is 1. The van der Waals surface area contributed by atoms with E-state index in [1.165, 1.54) is 16.9 Å². The first-order valence-electron chi connectivity index (χ1n) is 5.44. The Morgan fingerprint density at radius 1 is 1.43 bits per heavy atom. The zero-order chi connectivity index (χ0) is 10.6. The molecule has 0 atom stereocenters. The van der Waals surface area contributed by atoms with E-state index in [2.05, 4.69) is 38.4 Å². The molecule has 0 bridgehead atoms. The van der Waals surface area contributed by atoms with E-state index in [0.717, 1.165) is 13.1 Å². The molecule has 80 valence electrons. The highest BCUT2D eigenvalue weighted by Crippen LogP contribution is 2.28. The molecule has 0 aliphatic rings. The lowest BCUT2D eigenvalue weighted by atomic mass is 9.99. The molecule has 1 nitrogen and oxygen atoms in total. The van der Waals surface area contributed by atoms with Gasteiger partial charge in [-0.15, -0.1) is 11.3 Å². The summed E-state index contributed by atoms with van der Waals surface area (Å²) in [4.78, 5) is 1.48. The van der Waals surface area contributed by atoms with Crippen LogP contribution in [0, 0.1) is 6.92 Å². The van der Waals surface area contributed by atoms with Crippen LogP contribution in [0.2, 0.25) is 0 Å². The standard InChI is InChI=1S/C12H21NS/c1-5-6-13-7-11-8-14-10(4)12(11)9(2)3/h8-9,13H,5-7H2,1-4H3. The second kappa shape index (κ2) is 5.52. The van der Waals surface area contributed by atoms with Gasteiger partial charge < -0.3 is 5.32 Å². The molecule has 0 spiro atoms. The Kier molecular flexibility index (Phi) is 4.63. The van der Waals surface area contributed by atoms with Gasteiger partial charge >= 0.3 is 0 Å². The number of hydrogen-bond donors (Lipinski definition) is 1. The molecule has 1 N–H and O–H groups in total. The van der Waals surface area contributed by atoms with Crippen LogP contribution in [0.15, 0.2) is 5.38 Å². The highest BCUT2D eigenvalue weighted by atomic mass is 32.1. The number of rotatable bonds is 5. The Morgan fingerprint density at radius 2 is 2.14 bits per heavy atom. The first-order valence-corrected chi connectivity index (χ1v) is 6.32. The second-order valence-corrected chi connectivity index (χ2v) is 5.15. The Labute approximate surface area is 91.5 Å². The molecule has 14 heavy (non-hydrogen) atoms. The second-order valence-electron chi connectivity index (χ2n) is 4.06. The highest BCUT2D eigenvalue weighted by molar-refractivity contribution is 7.10. The van der Waals surface area contributed by atoms with Gasteiger partial charge in [-0.25, -0.2) is 0 Å². The van der Waals surface area contributed by atoms with Crippen molar-refractivity contribution in [3.63, 3.8) is 0 Å². The van der Waals surface area contributed by atoms with Crippen LogP contribution in [-0.4, -0.2) is 6.54 Å². The molecule has 1 aromatic heterocycles. The summed E-state index contributed by atoms with van der Waals surface area (Å²) < 4.78 is 0. The minimum atomic E-state index is 0.652. The molecule has 1 heterocycles. The van der Waals surface area contributed by atoms with Gasteiger partial charge in [0.2, 0.25) is 0 Å². The fourth-order valence-electron chi connectivity index (χ4n) is 1.83. The zero-order valence-electron chi connectivity index (χ0n) is 9.68. The fourth-order valence-corrected chi connectivity index (χ4v) is 2.85. The number of hydrogen-bond acceptors (Lipinski definition) is 2. The van der Waals surface area contributed by atoms with Crippen molar-refractivity contribution in [3.8, 4) is 0 Å². The summed E-state index contributed by atoms with van der Waals surface area (Å²) in [5.41, 5.74) is 3.05. The molecule has 0 saturated heterocycles. The van der Waals surface area contributed by atoms with Gasteiger partial charge in [0.25, 0.3) is 0 Å². The highest BCUT2D eigenvalue weighted by Gasteiger charge is 2.10. The monoisotopic (exact) mass is 211 g/mol. The molecule has 0 fully saturated rings. The molecule has 0 aliphatic heterocycles. The lowest BCUT2D eigenvalue weighted by Gasteiger charge is -2.09. The van der Waals surface area contributed by atoms with E-state index in [1.54, 1.807) is 5.56 Å². The van der Waals surface area contributed by atoms with Crippen LogP contribution < -0.4 is 5.32 Å². The molecule has 1 rings (SSSR count). The van der Waals surface area contributed by atoms with Crippen molar-refractivity contribution in [2.24, 2.45) is 0 Å². The summed E-state index contributed by atoms with van der Waals surface area (Å²) in [6, 6.07) is 0. The predicted molar refractivity (Wildman–Crippen MR) is 65.1 cm³/mol. The summed E-state index contributed by atoms with van der Waals surface area (Å²) in [7, 11) is 0. The maximum Gasteiger partial charge on any atom is 0.0216 e. The average molecular weight is 211 g/mol. The lowest BCUT2D eigenvalue weighted by Crippen LogP contribution is -2.14. The SMILES string of the molecule is CCCNCc1csc(C)c1C(C)C. The third kappa shape index (κ3) is 2.82. The van der Waals surface area contributed by atoms with Crippen LogP contribution in [-0.2, 0) is 6.54 Å². The maximum atomic E-state index is 3.47. The lowest BCUT2D eigenvalue weighted by molar-refractivity contribution is 0.668. The summed E-state index contributed by atoms with van der Waals surface area (Å²) in [5, 5.41) is 5.77. The van der Waals surface area contributed by atoms with Crippen LogP contribution in [0.3, 0.4) is 0 Å². The molecule has 0 radical (unpaired) electrons. The van der Waals surface area contributed by atoms with Crippen LogP contribution in [0.25, 0.3) is 0 Å². The number of thiophene rings is 1. The van der Waals surface area contributed by atoms with Crippen LogP contribution in [0.1, 0.15) is 49.1 Å². The van der Waals surface area contributed by atoms with Gasteiger partial charge in [0, 0.05) is 11.4 Å². The van der Waals surface area contributed by atoms with Gasteiger partial charge in [0.1, 0.15) is 0 Å². The molecular weight excluding hydrogens is 190 g/mol. The van der Waals surface area contributed by atoms with Crippen molar-refractivity contribution in [3.05, 3.63) is 21.4 Å². The van der Waals surface area contributed by atoms with Crippen LogP contribution in [0.4, 0.5) is 0 Å². The van der Waals surface area contributed by atoms with Crippen molar-refractivity contribution in [1.82, 2.24) is 5.32 Å². The predicted octanol–water partition coefficient (Wildman–Crippen LogP) is 3.68. The van der Waals surface area contributed by atoms with E-state index >= 15 is 0 Å². The van der Waals surface area contributed by atoms with Crippen molar-refractivity contribution in [1.29, 1.82) is 0 Å². The van der Waals surface area contributed by atoms with Gasteiger partial charge in [-0.2, -0.15) is 0 Å². The van der Waals surface area contributed by atoms with Crippen LogP contribution in [0.5, 0.6) is 0 Å². The van der Waals surface area contributed by atoms with Gasteiger partial charge in [-0.1, -0.05) is 20.8 Å². The van der Waals surface area contributed by atoms with Crippen molar-refractivity contribution in [2.75, 3.05) is 6.54 Å². The maximum absolute atomic E-state index is 3.47. The Hall–Kier alpha value is -0.340. The van der Waals surface area contributed by atoms with Gasteiger partial charge in [0.05, 0.1) is 0 Å². The number of aryl methyl sites for hydroxylation is 1. The Balaban J connectivity index is 2.66. The first kappa shape index (κ1) is 11.7. The van der Waals surface area contributed by atoms with Gasteiger partial charge in [0.15, 0.2) is 0 Å². The van der Waals surface area contributed by atoms with Crippen molar-refractivity contribution >= 4 is 11.3 Å². The third-order valence-electron chi connectivity index (χ3n) is 2.42. The van der Waals surface area contributed by atoms with E-state index in [0.29, 0.717) is 5.92 Å². The van der Waals surface area contributed by atoms with E-state index in [9.17, 15) is 0 Å². The molecular formula is C12H21NS. The minimum Gasteiger partial charge on any atom is -0.313 e. The van der Waals surface area contributed by atoms with E-state index in [4.69, 9.17) is 0 Å². The minimum absolute atomic E-state index is 0.652. The largest absolute Gasteiger partial charge is 0.313 e. The van der Waals surface area contributed by atoms with E-state index in [1.807, 2.05) is 11.3 Å². The molecule has 1 aromatic rings. The molecule has 2 heteroatoms. The first-order chi connectivity index (χ1) is 6.66. The fraction of sp³-hybridized carbons (Fsp3) is 0.667. The molecule has 0 amide bonds. The topological polar surface area (TPSA) is 12.0 Å². The smallest absolute Gasteiger partial charge is 0.0216 e. The summed E-state index contributed by atoms with van der Waals surface area (Å²) >= 11 is 1.88. The van der Waals surface area contributed by atoms with Gasteiger partial charge in [-0.05, 0) is 42.3 Å². The summed E-state index contributed by atoms with van der Waals surface area (Å²) in [6.45, 7) is 11.1. The Bertz CT molecular complexity index is 276. The third-order valence-corrected chi connectivity index (χ3v) is 3.40.